The third-order valence-corrected chi connectivity index (χ3v) is 5.83. The Morgan fingerprint density at radius 3 is 2.42 bits per heavy atom. The molecule has 0 aromatic heterocycles. The van der Waals surface area contributed by atoms with Crippen LogP contribution >= 0.6 is 34.8 Å². The third kappa shape index (κ3) is 4.09. The average Bonchev–Trinajstić information content (AvgIpc) is 2.50. The van der Waals surface area contributed by atoms with Crippen molar-refractivity contribution in [2.45, 2.75) is 11.5 Å². The van der Waals surface area contributed by atoms with Crippen LogP contribution in [0.5, 0.6) is 11.5 Å². The normalized spacial score (nSPS) is 13.8. The molecule has 0 saturated heterocycles. The Morgan fingerprint density at radius 2 is 1.67 bits per heavy atom. The van der Waals surface area contributed by atoms with Gasteiger partial charge in [-0.3, -0.25) is 0 Å². The Bertz CT molecular complexity index is 881. The van der Waals surface area contributed by atoms with Gasteiger partial charge in [-0.05, 0) is 35.4 Å². The van der Waals surface area contributed by atoms with Gasteiger partial charge in [0.15, 0.2) is 21.3 Å². The highest BCUT2D eigenvalue weighted by Gasteiger charge is 2.20. The van der Waals surface area contributed by atoms with Crippen LogP contribution in [0.1, 0.15) is 11.1 Å². The minimum atomic E-state index is -3.45. The van der Waals surface area contributed by atoms with E-state index in [1.54, 1.807) is 24.3 Å². The largest absolute Gasteiger partial charge is 0.486 e. The smallest absolute Gasteiger partial charge is 0.179 e. The first kappa shape index (κ1) is 17.7. The topological polar surface area (TPSA) is 52.6 Å². The molecule has 128 valence electrons. The number of benzene rings is 2. The molecule has 8 heteroatoms. The van der Waals surface area contributed by atoms with Crippen molar-refractivity contribution >= 4 is 44.6 Å². The molecule has 0 unspecified atom stereocenters. The SMILES string of the molecule is O=S(=O)(Cc1cc(Cl)c2c(c1)OCCO2)Cc1ccc(Cl)cc1Cl. The molecular formula is C16H13Cl3O4S. The van der Waals surface area contributed by atoms with E-state index in [0.717, 1.165) is 0 Å². The number of sulfone groups is 1. The summed E-state index contributed by atoms with van der Waals surface area (Å²) in [5.74, 6) is 0.547. The van der Waals surface area contributed by atoms with Gasteiger partial charge in [0.05, 0.1) is 16.5 Å². The van der Waals surface area contributed by atoms with E-state index >= 15 is 0 Å². The van der Waals surface area contributed by atoms with Gasteiger partial charge in [0.25, 0.3) is 0 Å². The Morgan fingerprint density at radius 1 is 0.917 bits per heavy atom. The number of ether oxygens (including phenoxy) is 2. The molecule has 2 aromatic rings. The first-order valence-electron chi connectivity index (χ1n) is 7.06. The lowest BCUT2D eigenvalue weighted by Crippen LogP contribution is -2.16. The van der Waals surface area contributed by atoms with Crippen LogP contribution in [0, 0.1) is 0 Å². The van der Waals surface area contributed by atoms with Crippen molar-refractivity contribution in [1.82, 2.24) is 0 Å². The van der Waals surface area contributed by atoms with Crippen LogP contribution in [0.25, 0.3) is 0 Å². The molecule has 0 bridgehead atoms. The van der Waals surface area contributed by atoms with Crippen molar-refractivity contribution in [3.05, 3.63) is 56.5 Å². The van der Waals surface area contributed by atoms with Crippen LogP contribution in [0.2, 0.25) is 15.1 Å². The fourth-order valence-electron chi connectivity index (χ4n) is 2.43. The minimum Gasteiger partial charge on any atom is -0.486 e. The van der Waals surface area contributed by atoms with E-state index in [2.05, 4.69) is 0 Å². The molecule has 0 amide bonds. The zero-order valence-corrected chi connectivity index (χ0v) is 15.5. The molecule has 4 nitrogen and oxygen atoms in total. The summed E-state index contributed by atoms with van der Waals surface area (Å²) in [4.78, 5) is 0. The molecular weight excluding hydrogens is 395 g/mol. The molecule has 2 aromatic carbocycles. The highest BCUT2D eigenvalue weighted by atomic mass is 35.5. The summed E-state index contributed by atoms with van der Waals surface area (Å²) in [6.07, 6.45) is 0. The maximum absolute atomic E-state index is 12.5. The van der Waals surface area contributed by atoms with Gasteiger partial charge in [-0.1, -0.05) is 40.9 Å². The summed E-state index contributed by atoms with van der Waals surface area (Å²) < 4.78 is 35.9. The second-order valence-corrected chi connectivity index (χ2v) is 8.69. The highest BCUT2D eigenvalue weighted by Crippen LogP contribution is 2.39. The summed E-state index contributed by atoms with van der Waals surface area (Å²) in [6.45, 7) is 0.819. The molecule has 0 spiro atoms. The lowest BCUT2D eigenvalue weighted by molar-refractivity contribution is 0.171. The predicted molar refractivity (Wildman–Crippen MR) is 95.2 cm³/mol. The Labute approximate surface area is 155 Å². The van der Waals surface area contributed by atoms with Crippen molar-refractivity contribution in [3.8, 4) is 11.5 Å². The van der Waals surface area contributed by atoms with E-state index in [1.807, 2.05) is 0 Å². The van der Waals surface area contributed by atoms with E-state index in [-0.39, 0.29) is 11.5 Å². The van der Waals surface area contributed by atoms with Crippen molar-refractivity contribution in [1.29, 1.82) is 0 Å². The second kappa shape index (κ2) is 7.00. The second-order valence-electron chi connectivity index (χ2n) is 5.37. The molecule has 3 rings (SSSR count). The molecule has 0 atom stereocenters. The van der Waals surface area contributed by atoms with E-state index in [1.165, 1.54) is 6.07 Å². The van der Waals surface area contributed by atoms with Crippen LogP contribution in [0.4, 0.5) is 0 Å². The fourth-order valence-corrected chi connectivity index (χ4v) is 4.77. The minimum absolute atomic E-state index is 0.178. The Kier molecular flexibility index (Phi) is 5.16. The van der Waals surface area contributed by atoms with Gasteiger partial charge in [-0.25, -0.2) is 8.42 Å². The summed E-state index contributed by atoms with van der Waals surface area (Å²) in [7, 11) is -3.45. The highest BCUT2D eigenvalue weighted by molar-refractivity contribution is 7.89. The van der Waals surface area contributed by atoms with Crippen molar-refractivity contribution < 1.29 is 17.9 Å². The predicted octanol–water partition coefficient (Wildman–Crippen LogP) is 4.53. The molecule has 0 radical (unpaired) electrons. The number of hydrogen-bond acceptors (Lipinski definition) is 4. The van der Waals surface area contributed by atoms with Crippen molar-refractivity contribution in [2.24, 2.45) is 0 Å². The summed E-state index contributed by atoms with van der Waals surface area (Å²) >= 11 is 18.0. The lowest BCUT2D eigenvalue weighted by Gasteiger charge is -2.20. The van der Waals surface area contributed by atoms with E-state index in [4.69, 9.17) is 44.3 Å². The van der Waals surface area contributed by atoms with Gasteiger partial charge in [0, 0.05) is 10.0 Å². The zero-order valence-electron chi connectivity index (χ0n) is 12.4. The summed E-state index contributed by atoms with van der Waals surface area (Å²) in [6, 6.07) is 7.96. The maximum Gasteiger partial charge on any atom is 0.179 e. The first-order valence-corrected chi connectivity index (χ1v) is 10.0. The van der Waals surface area contributed by atoms with Gasteiger partial charge in [-0.15, -0.1) is 0 Å². The van der Waals surface area contributed by atoms with Gasteiger partial charge < -0.3 is 9.47 Å². The van der Waals surface area contributed by atoms with Crippen molar-refractivity contribution in [3.63, 3.8) is 0 Å². The maximum atomic E-state index is 12.5. The van der Waals surface area contributed by atoms with Crippen LogP contribution < -0.4 is 9.47 Å². The first-order chi connectivity index (χ1) is 11.3. The molecule has 0 saturated carbocycles. The summed E-state index contributed by atoms with van der Waals surface area (Å²) in [5.41, 5.74) is 1.04. The molecule has 1 aliphatic rings. The standard InChI is InChI=1S/C16H13Cl3O4S/c17-12-2-1-11(13(18)7-12)9-24(20,21)8-10-5-14(19)16-15(6-10)22-3-4-23-16/h1-2,5-7H,3-4,8-9H2. The Balaban J connectivity index is 1.83. The quantitative estimate of drug-likeness (QED) is 0.747. The number of halogens is 3. The van der Waals surface area contributed by atoms with Crippen LogP contribution in [-0.4, -0.2) is 21.6 Å². The van der Waals surface area contributed by atoms with Crippen molar-refractivity contribution in [2.75, 3.05) is 13.2 Å². The van der Waals surface area contributed by atoms with Gasteiger partial charge in [0.1, 0.15) is 13.2 Å². The molecule has 24 heavy (non-hydrogen) atoms. The average molecular weight is 408 g/mol. The molecule has 0 aliphatic carbocycles. The van der Waals surface area contributed by atoms with E-state index in [9.17, 15) is 8.42 Å². The number of hydrogen-bond donors (Lipinski definition) is 0. The molecule has 1 heterocycles. The van der Waals surface area contributed by atoms with Gasteiger partial charge in [0.2, 0.25) is 0 Å². The summed E-state index contributed by atoms with van der Waals surface area (Å²) in [5, 5.41) is 1.12. The van der Waals surface area contributed by atoms with Crippen LogP contribution in [-0.2, 0) is 21.3 Å². The van der Waals surface area contributed by atoms with Gasteiger partial charge in [-0.2, -0.15) is 0 Å². The lowest BCUT2D eigenvalue weighted by atomic mass is 10.2. The molecule has 0 N–H and O–H groups in total. The third-order valence-electron chi connectivity index (χ3n) is 3.43. The van der Waals surface area contributed by atoms with E-state index < -0.39 is 9.84 Å². The number of fused-ring (bicyclic) bond motifs is 1. The Hall–Kier alpha value is -1.14. The molecule has 1 aliphatic heterocycles. The van der Waals surface area contributed by atoms with Gasteiger partial charge >= 0.3 is 0 Å². The number of rotatable bonds is 4. The van der Waals surface area contributed by atoms with Crippen LogP contribution in [0.15, 0.2) is 30.3 Å². The van der Waals surface area contributed by atoms with Crippen LogP contribution in [0.3, 0.4) is 0 Å². The molecule has 0 fully saturated rings. The fraction of sp³-hybridized carbons (Fsp3) is 0.250. The zero-order chi connectivity index (χ0) is 17.3. The van der Waals surface area contributed by atoms with E-state index in [0.29, 0.717) is 50.9 Å². The monoisotopic (exact) mass is 406 g/mol.